The molecule has 0 unspecified atom stereocenters. The number of fused-ring (bicyclic) bond motifs is 1. The molecular weight excluding hydrogens is 408 g/mol. The van der Waals surface area contributed by atoms with E-state index in [-0.39, 0.29) is 5.56 Å². The topological polar surface area (TPSA) is 74.2 Å². The minimum absolute atomic E-state index is 0.107. The first-order valence-corrected chi connectivity index (χ1v) is 10.5. The van der Waals surface area contributed by atoms with Crippen LogP contribution in [0.5, 0.6) is 0 Å². The molecule has 3 heterocycles. The van der Waals surface area contributed by atoms with Gasteiger partial charge in [0.05, 0.1) is 24.9 Å². The molecule has 1 aromatic carbocycles. The minimum Gasteiger partial charge on any atom is -0.467 e. The third-order valence-corrected chi connectivity index (χ3v) is 5.51. The second-order valence-corrected chi connectivity index (χ2v) is 8.01. The summed E-state index contributed by atoms with van der Waals surface area (Å²) in [6, 6.07) is 13.7. The summed E-state index contributed by atoms with van der Waals surface area (Å²) in [5, 5.41) is 4.79. The van der Waals surface area contributed by atoms with Crippen molar-refractivity contribution in [1.82, 2.24) is 20.2 Å². The fourth-order valence-corrected chi connectivity index (χ4v) is 3.86. The van der Waals surface area contributed by atoms with E-state index in [1.165, 1.54) is 0 Å². The van der Waals surface area contributed by atoms with E-state index in [1.54, 1.807) is 18.7 Å². The highest BCUT2D eigenvalue weighted by atomic mass is 32.1. The Bertz CT molecular complexity index is 1250. The van der Waals surface area contributed by atoms with Crippen LogP contribution in [0.1, 0.15) is 28.0 Å². The fourth-order valence-electron chi connectivity index (χ4n) is 3.65. The molecule has 158 valence electrons. The summed E-state index contributed by atoms with van der Waals surface area (Å²) in [5.74, 6) is 0.790. The van der Waals surface area contributed by atoms with E-state index in [9.17, 15) is 4.79 Å². The van der Waals surface area contributed by atoms with Gasteiger partial charge in [-0.1, -0.05) is 17.7 Å². The number of nitrogens with one attached hydrogen (secondary N) is 2. The van der Waals surface area contributed by atoms with E-state index in [1.807, 2.05) is 42.2 Å². The SMILES string of the molecule is Cc1cc(C)c2[nH]c(=O)c(CN(Cc3cccnc3)C(=S)NCc3ccco3)cc2c1. The molecule has 6 nitrogen and oxygen atoms in total. The lowest BCUT2D eigenvalue weighted by atomic mass is 10.1. The first kappa shape index (κ1) is 20.8. The number of aromatic amines is 1. The first-order valence-electron chi connectivity index (χ1n) is 10.1. The number of H-pyrrole nitrogens is 1. The Morgan fingerprint density at radius 3 is 2.81 bits per heavy atom. The summed E-state index contributed by atoms with van der Waals surface area (Å²) in [5.41, 5.74) is 4.64. The van der Waals surface area contributed by atoms with Gasteiger partial charge in [-0.15, -0.1) is 0 Å². The van der Waals surface area contributed by atoms with E-state index < -0.39 is 0 Å². The predicted octanol–water partition coefficient (Wildman–Crippen LogP) is 4.21. The molecule has 7 heteroatoms. The van der Waals surface area contributed by atoms with E-state index >= 15 is 0 Å². The molecule has 0 spiro atoms. The Morgan fingerprint density at radius 2 is 2.06 bits per heavy atom. The quantitative estimate of drug-likeness (QED) is 0.445. The number of furan rings is 1. The van der Waals surface area contributed by atoms with Crippen LogP contribution in [0.2, 0.25) is 0 Å². The van der Waals surface area contributed by atoms with E-state index in [0.717, 1.165) is 33.4 Å². The van der Waals surface area contributed by atoms with Gasteiger partial charge >= 0.3 is 0 Å². The Hall–Kier alpha value is -3.45. The van der Waals surface area contributed by atoms with Gasteiger partial charge in [-0.05, 0) is 72.9 Å². The summed E-state index contributed by atoms with van der Waals surface area (Å²) in [6.07, 6.45) is 5.17. The number of aromatic nitrogens is 2. The van der Waals surface area contributed by atoms with E-state index in [4.69, 9.17) is 16.6 Å². The third kappa shape index (κ3) is 5.00. The average Bonchev–Trinajstić information content (AvgIpc) is 3.27. The molecule has 0 radical (unpaired) electrons. The lowest BCUT2D eigenvalue weighted by Crippen LogP contribution is -2.39. The van der Waals surface area contributed by atoms with Crippen molar-refractivity contribution >= 4 is 28.2 Å². The summed E-state index contributed by atoms with van der Waals surface area (Å²) >= 11 is 5.67. The highest BCUT2D eigenvalue weighted by Crippen LogP contribution is 2.19. The molecular formula is C24H24N4O2S. The largest absolute Gasteiger partial charge is 0.467 e. The average molecular weight is 433 g/mol. The lowest BCUT2D eigenvalue weighted by molar-refractivity contribution is 0.393. The Kier molecular flexibility index (Phi) is 6.13. The van der Waals surface area contributed by atoms with Crippen LogP contribution >= 0.6 is 12.2 Å². The Labute approximate surface area is 185 Å². The van der Waals surface area contributed by atoms with Crippen molar-refractivity contribution in [2.75, 3.05) is 0 Å². The number of nitrogens with zero attached hydrogens (tertiary/aromatic N) is 2. The number of rotatable bonds is 6. The van der Waals surface area contributed by atoms with Crippen molar-refractivity contribution in [3.8, 4) is 0 Å². The molecule has 0 aliphatic heterocycles. The zero-order valence-corrected chi connectivity index (χ0v) is 18.3. The second kappa shape index (κ2) is 9.14. The van der Waals surface area contributed by atoms with E-state index in [0.29, 0.717) is 30.3 Å². The number of hydrogen-bond acceptors (Lipinski definition) is 4. The monoisotopic (exact) mass is 432 g/mol. The van der Waals surface area contributed by atoms with Crippen LogP contribution in [-0.2, 0) is 19.6 Å². The Morgan fingerprint density at radius 1 is 1.19 bits per heavy atom. The number of thiocarbonyl (C=S) groups is 1. The Balaban J connectivity index is 1.62. The van der Waals surface area contributed by atoms with Gasteiger partial charge in [-0.2, -0.15) is 0 Å². The van der Waals surface area contributed by atoms with Gasteiger partial charge in [0.25, 0.3) is 5.56 Å². The van der Waals surface area contributed by atoms with Crippen LogP contribution in [0, 0.1) is 13.8 Å². The highest BCUT2D eigenvalue weighted by molar-refractivity contribution is 7.80. The van der Waals surface area contributed by atoms with Crippen molar-refractivity contribution in [1.29, 1.82) is 0 Å². The minimum atomic E-state index is -0.107. The highest BCUT2D eigenvalue weighted by Gasteiger charge is 2.15. The van der Waals surface area contributed by atoms with E-state index in [2.05, 4.69) is 34.3 Å². The van der Waals surface area contributed by atoms with Crippen molar-refractivity contribution in [3.05, 3.63) is 99.5 Å². The molecule has 4 rings (SSSR count). The maximum absolute atomic E-state index is 12.9. The summed E-state index contributed by atoms with van der Waals surface area (Å²) in [4.78, 5) is 22.1. The molecule has 0 aliphatic carbocycles. The summed E-state index contributed by atoms with van der Waals surface area (Å²) < 4.78 is 5.38. The zero-order chi connectivity index (χ0) is 21.8. The smallest absolute Gasteiger partial charge is 0.253 e. The molecule has 0 aliphatic rings. The van der Waals surface area contributed by atoms with Crippen LogP contribution in [0.3, 0.4) is 0 Å². The second-order valence-electron chi connectivity index (χ2n) is 7.63. The van der Waals surface area contributed by atoms with Crippen LogP contribution in [0.15, 0.2) is 70.3 Å². The molecule has 4 aromatic rings. The first-order chi connectivity index (χ1) is 15.0. The molecule has 0 amide bonds. The molecule has 31 heavy (non-hydrogen) atoms. The number of hydrogen-bond donors (Lipinski definition) is 2. The molecule has 0 bridgehead atoms. The van der Waals surface area contributed by atoms with Gasteiger partial charge in [0.15, 0.2) is 5.11 Å². The molecule has 0 saturated heterocycles. The van der Waals surface area contributed by atoms with Crippen molar-refractivity contribution in [2.24, 2.45) is 0 Å². The third-order valence-electron chi connectivity index (χ3n) is 5.11. The molecule has 2 N–H and O–H groups in total. The molecule has 0 saturated carbocycles. The maximum Gasteiger partial charge on any atom is 0.253 e. The van der Waals surface area contributed by atoms with Crippen LogP contribution in [0.4, 0.5) is 0 Å². The van der Waals surface area contributed by atoms with Crippen molar-refractivity contribution in [3.63, 3.8) is 0 Å². The molecule has 0 atom stereocenters. The van der Waals surface area contributed by atoms with Crippen LogP contribution in [0.25, 0.3) is 10.9 Å². The molecule has 0 fully saturated rings. The predicted molar refractivity (Wildman–Crippen MR) is 126 cm³/mol. The summed E-state index contributed by atoms with van der Waals surface area (Å²) in [6.45, 7) is 5.44. The van der Waals surface area contributed by atoms with Gasteiger partial charge in [-0.25, -0.2) is 0 Å². The van der Waals surface area contributed by atoms with Gasteiger partial charge in [0.1, 0.15) is 5.76 Å². The van der Waals surface area contributed by atoms with Crippen molar-refractivity contribution in [2.45, 2.75) is 33.5 Å². The van der Waals surface area contributed by atoms with Crippen molar-refractivity contribution < 1.29 is 4.42 Å². The maximum atomic E-state index is 12.9. The van der Waals surface area contributed by atoms with Gasteiger partial charge in [-0.3, -0.25) is 9.78 Å². The fraction of sp³-hybridized carbons (Fsp3) is 0.208. The normalized spacial score (nSPS) is 10.9. The van der Waals surface area contributed by atoms with Crippen LogP contribution in [-0.4, -0.2) is 20.0 Å². The number of aryl methyl sites for hydroxylation is 2. The number of pyridine rings is 2. The van der Waals surface area contributed by atoms with Crippen LogP contribution < -0.4 is 10.9 Å². The molecule has 3 aromatic heterocycles. The lowest BCUT2D eigenvalue weighted by Gasteiger charge is -2.26. The van der Waals surface area contributed by atoms with Gasteiger partial charge < -0.3 is 19.6 Å². The van der Waals surface area contributed by atoms with Gasteiger partial charge in [0.2, 0.25) is 0 Å². The number of benzene rings is 1. The summed E-state index contributed by atoms with van der Waals surface area (Å²) in [7, 11) is 0. The van der Waals surface area contributed by atoms with Gasteiger partial charge in [0, 0.05) is 24.5 Å². The zero-order valence-electron chi connectivity index (χ0n) is 17.5. The standard InChI is InChI=1S/C24H24N4O2S/c1-16-9-17(2)22-19(10-16)11-20(23(29)27-22)15-28(14-18-5-3-7-25-12-18)24(31)26-13-21-6-4-8-30-21/h3-12H,13-15H2,1-2H3,(H,26,31)(H,27,29).